The number of amides is 1. The van der Waals surface area contributed by atoms with Crippen LogP contribution in [-0.2, 0) is 23.1 Å². The topological polar surface area (TPSA) is 87.3 Å². The van der Waals surface area contributed by atoms with Gasteiger partial charge in [0.25, 0.3) is 0 Å². The van der Waals surface area contributed by atoms with Crippen molar-refractivity contribution in [3.8, 4) is 39.5 Å². The van der Waals surface area contributed by atoms with Gasteiger partial charge < -0.3 is 14.4 Å². The summed E-state index contributed by atoms with van der Waals surface area (Å²) in [5.41, 5.74) is 3.68. The third-order valence-electron chi connectivity index (χ3n) is 7.36. The van der Waals surface area contributed by atoms with Crippen molar-refractivity contribution in [3.05, 3.63) is 72.0 Å². The maximum atomic E-state index is 15.9. The van der Waals surface area contributed by atoms with E-state index in [1.54, 1.807) is 15.8 Å². The fourth-order valence-corrected chi connectivity index (χ4v) is 6.33. The Balaban J connectivity index is 1.63. The zero-order chi connectivity index (χ0) is 29.5. The molecule has 12 heteroatoms. The largest absolute Gasteiger partial charge is 0.490 e. The second-order valence-corrected chi connectivity index (χ2v) is 10.9. The summed E-state index contributed by atoms with van der Waals surface area (Å²) in [6.45, 7) is 6.83. The van der Waals surface area contributed by atoms with Crippen LogP contribution in [0.2, 0.25) is 0 Å². The van der Waals surface area contributed by atoms with Gasteiger partial charge in [0, 0.05) is 60.2 Å². The normalized spacial score (nSPS) is 14.8. The van der Waals surface area contributed by atoms with Gasteiger partial charge in [0.1, 0.15) is 35.4 Å². The first kappa shape index (κ1) is 27.7. The van der Waals surface area contributed by atoms with E-state index >= 15 is 4.39 Å². The number of rotatable bonds is 8. The molecule has 1 aliphatic rings. The molecule has 5 aromatic rings. The van der Waals surface area contributed by atoms with Crippen LogP contribution in [0.1, 0.15) is 18.7 Å². The summed E-state index contributed by atoms with van der Waals surface area (Å²) < 4.78 is 45.6. The highest BCUT2D eigenvalue weighted by molar-refractivity contribution is 7.18. The molecular weight excluding hydrogens is 562 g/mol. The number of methoxy groups -OCH3 is 1. The van der Waals surface area contributed by atoms with Crippen molar-refractivity contribution in [3.63, 3.8) is 0 Å². The molecule has 1 aliphatic heterocycles. The Morgan fingerprint density at radius 3 is 2.76 bits per heavy atom. The van der Waals surface area contributed by atoms with E-state index in [9.17, 15) is 9.18 Å². The number of thiophene rings is 1. The second-order valence-electron chi connectivity index (χ2n) is 9.94. The molecule has 0 spiro atoms. The number of carbonyl (C=O) groups excluding carboxylic acids is 1. The number of hydrogen-bond acceptors (Lipinski definition) is 7. The molecule has 1 atom stereocenters. The molecule has 0 saturated heterocycles. The molecule has 0 saturated carbocycles. The van der Waals surface area contributed by atoms with Crippen LogP contribution in [-0.4, -0.2) is 62.2 Å². The van der Waals surface area contributed by atoms with Gasteiger partial charge in [-0.3, -0.25) is 14.2 Å². The van der Waals surface area contributed by atoms with E-state index in [0.29, 0.717) is 35.7 Å². The van der Waals surface area contributed by atoms with Crippen molar-refractivity contribution >= 4 is 27.3 Å². The van der Waals surface area contributed by atoms with Gasteiger partial charge in [-0.25, -0.2) is 13.8 Å². The number of ether oxygens (including phenoxy) is 2. The van der Waals surface area contributed by atoms with Crippen LogP contribution in [0.3, 0.4) is 0 Å². The van der Waals surface area contributed by atoms with Gasteiger partial charge >= 0.3 is 0 Å². The minimum absolute atomic E-state index is 0.0384. The lowest BCUT2D eigenvalue weighted by Gasteiger charge is -2.33. The van der Waals surface area contributed by atoms with Crippen LogP contribution >= 0.6 is 11.3 Å². The summed E-state index contributed by atoms with van der Waals surface area (Å²) in [7, 11) is 3.35. The quantitative estimate of drug-likeness (QED) is 0.172. The highest BCUT2D eigenvalue weighted by atomic mass is 32.1. The molecule has 42 heavy (non-hydrogen) atoms. The first-order valence-corrected chi connectivity index (χ1v) is 14.2. The van der Waals surface area contributed by atoms with Gasteiger partial charge in [-0.1, -0.05) is 6.58 Å². The fraction of sp³-hybridized carbons (Fsp3) is 0.267. The van der Waals surface area contributed by atoms with E-state index in [1.807, 2.05) is 42.4 Å². The van der Waals surface area contributed by atoms with Gasteiger partial charge in [-0.2, -0.15) is 10.2 Å². The number of carbonyl (C=O) groups is 1. The molecule has 0 N–H and O–H groups in total. The number of fused-ring (bicyclic) bond motifs is 2. The molecule has 4 aromatic heterocycles. The zero-order valence-corrected chi connectivity index (χ0v) is 24.1. The van der Waals surface area contributed by atoms with Crippen molar-refractivity contribution in [1.82, 2.24) is 29.4 Å². The van der Waals surface area contributed by atoms with Crippen LogP contribution in [0.15, 0.2) is 54.7 Å². The summed E-state index contributed by atoms with van der Waals surface area (Å²) in [6, 6.07) is 5.54. The van der Waals surface area contributed by atoms with Crippen molar-refractivity contribution in [2.45, 2.75) is 19.5 Å². The van der Waals surface area contributed by atoms with Gasteiger partial charge in [-0.15, -0.1) is 11.3 Å². The van der Waals surface area contributed by atoms with Gasteiger partial charge in [0.05, 0.1) is 42.3 Å². The van der Waals surface area contributed by atoms with E-state index in [4.69, 9.17) is 19.6 Å². The second kappa shape index (κ2) is 11.1. The van der Waals surface area contributed by atoms with E-state index in [2.05, 4.69) is 11.7 Å². The molecule has 0 bridgehead atoms. The van der Waals surface area contributed by atoms with Gasteiger partial charge in [0.2, 0.25) is 5.91 Å². The number of pyridine rings is 1. The number of aryl methyl sites for hydroxylation is 1. The molecule has 1 aromatic carbocycles. The smallest absolute Gasteiger partial charge is 0.246 e. The average Bonchev–Trinajstić information content (AvgIpc) is 3.72. The highest BCUT2D eigenvalue weighted by Gasteiger charge is 2.31. The molecule has 0 radical (unpaired) electrons. The predicted octanol–water partition coefficient (Wildman–Crippen LogP) is 5.62. The Bertz CT molecular complexity index is 1830. The molecule has 216 valence electrons. The Morgan fingerprint density at radius 2 is 2.02 bits per heavy atom. The maximum absolute atomic E-state index is 15.9. The Labute approximate surface area is 244 Å². The summed E-state index contributed by atoms with van der Waals surface area (Å²) in [6.07, 6.45) is 4.88. The van der Waals surface area contributed by atoms with Crippen molar-refractivity contribution < 1.29 is 23.0 Å². The molecule has 9 nitrogen and oxygen atoms in total. The maximum Gasteiger partial charge on any atom is 0.246 e. The van der Waals surface area contributed by atoms with Crippen molar-refractivity contribution in [1.29, 1.82) is 0 Å². The minimum Gasteiger partial charge on any atom is -0.490 e. The first-order chi connectivity index (χ1) is 20.3. The number of aromatic nitrogens is 5. The number of benzene rings is 1. The lowest BCUT2D eigenvalue weighted by molar-refractivity contribution is -0.129. The average molecular weight is 591 g/mol. The lowest BCUT2D eigenvalue weighted by Crippen LogP contribution is -2.40. The van der Waals surface area contributed by atoms with Gasteiger partial charge in [-0.05, 0) is 30.5 Å². The Kier molecular flexibility index (Phi) is 7.33. The highest BCUT2D eigenvalue weighted by Crippen LogP contribution is 2.47. The van der Waals surface area contributed by atoms with Crippen LogP contribution in [0.4, 0.5) is 8.78 Å². The molecular formula is C30H28F2N6O3S. The van der Waals surface area contributed by atoms with Crippen LogP contribution in [0.25, 0.3) is 43.9 Å². The van der Waals surface area contributed by atoms with Crippen LogP contribution < -0.4 is 4.74 Å². The van der Waals surface area contributed by atoms with Crippen molar-refractivity contribution in [2.24, 2.45) is 7.05 Å². The van der Waals surface area contributed by atoms with Crippen molar-refractivity contribution in [2.75, 3.05) is 26.9 Å². The summed E-state index contributed by atoms with van der Waals surface area (Å²) in [4.78, 5) is 19.3. The molecule has 5 heterocycles. The third-order valence-corrected chi connectivity index (χ3v) is 8.29. The van der Waals surface area contributed by atoms with E-state index in [0.717, 1.165) is 27.4 Å². The van der Waals surface area contributed by atoms with Gasteiger partial charge in [0.15, 0.2) is 0 Å². The summed E-state index contributed by atoms with van der Waals surface area (Å²) in [5.74, 6) is -1.67. The SMILES string of the molecule is C=CC(=O)N1CCn2nc(-c3nc(-c4cnn(C)c4)c4ccsc4c3-c3c(F)cc(F)cc3OCCOC)cc2[C@H]1C. The monoisotopic (exact) mass is 590 g/mol. The number of hydrogen-bond donors (Lipinski definition) is 0. The minimum atomic E-state index is -0.783. The number of nitrogens with zero attached hydrogens (tertiary/aromatic N) is 6. The summed E-state index contributed by atoms with van der Waals surface area (Å²) >= 11 is 1.42. The van der Waals surface area contributed by atoms with Crippen LogP contribution in [0.5, 0.6) is 5.75 Å². The van der Waals surface area contributed by atoms with E-state index in [1.165, 1.54) is 30.6 Å². The van der Waals surface area contributed by atoms with E-state index < -0.39 is 11.6 Å². The lowest BCUT2D eigenvalue weighted by atomic mass is 9.97. The predicted molar refractivity (Wildman–Crippen MR) is 156 cm³/mol. The zero-order valence-electron chi connectivity index (χ0n) is 23.3. The molecule has 0 unspecified atom stereocenters. The molecule has 6 rings (SSSR count). The van der Waals surface area contributed by atoms with Crippen LogP contribution in [0, 0.1) is 11.6 Å². The molecule has 0 aliphatic carbocycles. The fourth-order valence-electron chi connectivity index (χ4n) is 5.38. The Hall–Kier alpha value is -4.42. The molecule has 1 amide bonds. The Morgan fingerprint density at radius 1 is 1.19 bits per heavy atom. The standard InChI is InChI=1S/C30H28F2N6O3S/c1-5-25(39)37-7-8-38-23(17(37)2)14-22(35-38)29-27(26-21(32)12-19(31)13-24(26)41-10-9-40-4)30-20(6-11-42-30)28(34-29)18-15-33-36(3)16-18/h5-6,11-17H,1,7-10H2,2-4H3/t17-/m1/s1. The van der Waals surface area contributed by atoms with E-state index in [-0.39, 0.29) is 36.5 Å². The first-order valence-electron chi connectivity index (χ1n) is 13.3. The summed E-state index contributed by atoms with van der Waals surface area (Å²) in [5, 5.41) is 11.9. The third kappa shape index (κ3) is 4.76. The molecule has 0 fully saturated rings. The number of halogens is 2.